The lowest BCUT2D eigenvalue weighted by atomic mass is 10.0. The Balaban J connectivity index is 1.89. The van der Waals surface area contributed by atoms with Crippen LogP contribution in [-0.2, 0) is 9.22 Å². The lowest BCUT2D eigenvalue weighted by Gasteiger charge is -2.43. The number of hydrogen-bond acceptors (Lipinski definition) is 2. The van der Waals surface area contributed by atoms with Gasteiger partial charge in [0.15, 0.2) is 0 Å². The summed E-state index contributed by atoms with van der Waals surface area (Å²) in [6.07, 6.45) is 1.68. The average Bonchev–Trinajstić information content (AvgIpc) is 3.42. The fourth-order valence-corrected chi connectivity index (χ4v) is 8.99. The molecule has 0 unspecified atom stereocenters. The molecule has 0 N–H and O–H groups in total. The molecule has 2 aromatic rings. The van der Waals surface area contributed by atoms with E-state index in [1.807, 2.05) is 0 Å². The van der Waals surface area contributed by atoms with Crippen molar-refractivity contribution in [3.8, 4) is 0 Å². The van der Waals surface area contributed by atoms with Crippen LogP contribution in [0.25, 0.3) is 0 Å². The zero-order valence-corrected chi connectivity index (χ0v) is 18.9. The van der Waals surface area contributed by atoms with E-state index < -0.39 is 8.32 Å². The van der Waals surface area contributed by atoms with Crippen molar-refractivity contribution in [3.63, 3.8) is 0 Å². The Morgan fingerprint density at radius 1 is 1.00 bits per heavy atom. The van der Waals surface area contributed by atoms with Crippen molar-refractivity contribution < 1.29 is 9.22 Å². The Morgan fingerprint density at radius 3 is 1.93 bits per heavy atom. The molecule has 28 heavy (non-hydrogen) atoms. The fraction of sp³-hybridized carbons (Fsp3) is 0.480. The summed E-state index contributed by atoms with van der Waals surface area (Å²) < 4.78 is 6.96. The third-order valence-corrected chi connectivity index (χ3v) is 10.9. The minimum absolute atomic E-state index is 0.0119. The smallest absolute Gasteiger partial charge is 0.261 e. The van der Waals surface area contributed by atoms with Gasteiger partial charge in [-0.1, -0.05) is 95.3 Å². The van der Waals surface area contributed by atoms with Crippen molar-refractivity contribution in [1.29, 1.82) is 0 Å². The lowest BCUT2D eigenvalue weighted by Crippen LogP contribution is -2.66. The van der Waals surface area contributed by atoms with Crippen molar-refractivity contribution in [3.05, 3.63) is 60.7 Å². The molecule has 0 aromatic heterocycles. The molecule has 1 aliphatic rings. The second-order valence-electron chi connectivity index (χ2n) is 9.64. The number of benzene rings is 2. The van der Waals surface area contributed by atoms with Gasteiger partial charge in [-0.15, -0.1) is 0 Å². The molecule has 0 heterocycles. The van der Waals surface area contributed by atoms with E-state index in [1.54, 1.807) is 0 Å². The van der Waals surface area contributed by atoms with Gasteiger partial charge in [0.1, 0.15) is 5.78 Å². The highest BCUT2D eigenvalue weighted by Gasteiger charge is 2.52. The largest absolute Gasteiger partial charge is 0.407 e. The van der Waals surface area contributed by atoms with Crippen LogP contribution in [0.15, 0.2) is 60.7 Å². The van der Waals surface area contributed by atoms with E-state index in [1.165, 1.54) is 10.4 Å². The van der Waals surface area contributed by atoms with E-state index in [4.69, 9.17) is 4.43 Å². The molecule has 150 valence electrons. The van der Waals surface area contributed by atoms with Gasteiger partial charge in [-0.2, -0.15) is 0 Å². The van der Waals surface area contributed by atoms with Crippen molar-refractivity contribution in [1.82, 2.24) is 0 Å². The number of carbonyl (C=O) groups excluding carboxylic acids is 1. The Morgan fingerprint density at radius 2 is 1.50 bits per heavy atom. The summed E-state index contributed by atoms with van der Waals surface area (Å²) in [4.78, 5) is 12.4. The molecule has 0 bridgehead atoms. The first kappa shape index (κ1) is 21.0. The number of rotatable bonds is 8. The first-order valence-electron chi connectivity index (χ1n) is 10.5. The van der Waals surface area contributed by atoms with Crippen LogP contribution in [0.3, 0.4) is 0 Å². The molecule has 0 saturated heterocycles. The van der Waals surface area contributed by atoms with Gasteiger partial charge >= 0.3 is 0 Å². The molecule has 3 heteroatoms. The molecule has 1 saturated carbocycles. The molecule has 0 spiro atoms. The van der Waals surface area contributed by atoms with E-state index >= 15 is 0 Å². The first-order chi connectivity index (χ1) is 13.3. The molecule has 1 aliphatic carbocycles. The Bertz CT molecular complexity index is 738. The summed E-state index contributed by atoms with van der Waals surface area (Å²) in [6, 6.07) is 21.5. The molecule has 0 aliphatic heterocycles. The monoisotopic (exact) mass is 394 g/mol. The highest BCUT2D eigenvalue weighted by Crippen LogP contribution is 2.43. The summed E-state index contributed by atoms with van der Waals surface area (Å²) in [7, 11) is -2.48. The van der Waals surface area contributed by atoms with Crippen molar-refractivity contribution in [2.24, 2.45) is 17.8 Å². The zero-order valence-electron chi connectivity index (χ0n) is 17.9. The molecule has 0 amide bonds. The van der Waals surface area contributed by atoms with Crippen LogP contribution in [0.2, 0.25) is 5.04 Å². The molecule has 0 radical (unpaired) electrons. The molecule has 3 rings (SSSR count). The molecule has 2 aromatic carbocycles. The quantitative estimate of drug-likeness (QED) is 0.600. The van der Waals surface area contributed by atoms with Crippen molar-refractivity contribution in [2.75, 3.05) is 6.61 Å². The van der Waals surface area contributed by atoms with Crippen LogP contribution in [0.5, 0.6) is 0 Å². The van der Waals surface area contributed by atoms with E-state index in [0.29, 0.717) is 30.6 Å². The first-order valence-corrected chi connectivity index (χ1v) is 12.4. The van der Waals surface area contributed by atoms with E-state index in [-0.39, 0.29) is 11.0 Å². The van der Waals surface area contributed by atoms with Crippen molar-refractivity contribution >= 4 is 24.5 Å². The van der Waals surface area contributed by atoms with E-state index in [2.05, 4.69) is 95.3 Å². The highest BCUT2D eigenvalue weighted by atomic mass is 28.4. The molecule has 2 atom stereocenters. The van der Waals surface area contributed by atoms with Gasteiger partial charge in [0.25, 0.3) is 8.32 Å². The molecular formula is C25H34O2Si. The second kappa shape index (κ2) is 8.34. The Labute approximate surface area is 171 Å². The molecular weight excluding hydrogens is 360 g/mol. The van der Waals surface area contributed by atoms with Gasteiger partial charge in [0, 0.05) is 18.9 Å². The Kier molecular flexibility index (Phi) is 6.26. The SMILES string of the molecule is CC(C)CC(=O)[C@@H]1C[C@H]1CO[Si](c1ccccc1)(c1ccccc1)C(C)(C)C. The highest BCUT2D eigenvalue weighted by molar-refractivity contribution is 6.99. The summed E-state index contributed by atoms with van der Waals surface area (Å²) in [5, 5.41) is 2.60. The minimum Gasteiger partial charge on any atom is -0.407 e. The average molecular weight is 395 g/mol. The van der Waals surface area contributed by atoms with Gasteiger partial charge in [0.05, 0.1) is 0 Å². The van der Waals surface area contributed by atoms with Gasteiger partial charge in [0.2, 0.25) is 0 Å². The van der Waals surface area contributed by atoms with Gasteiger partial charge < -0.3 is 4.43 Å². The predicted octanol–water partition coefficient (Wildman–Crippen LogP) is 4.81. The fourth-order valence-electron chi connectivity index (χ4n) is 4.37. The standard InChI is InChI=1S/C25H34O2Si/c1-19(2)16-24(26)23-17-20(23)18-27-28(25(3,4)5,21-12-8-6-9-13-21)22-14-10-7-11-15-22/h6-15,19-20,23H,16-18H2,1-5H3/t20-,23+/m0/s1. The van der Waals surface area contributed by atoms with Crippen LogP contribution < -0.4 is 10.4 Å². The lowest BCUT2D eigenvalue weighted by molar-refractivity contribution is -0.121. The maximum atomic E-state index is 12.4. The topological polar surface area (TPSA) is 26.3 Å². The van der Waals surface area contributed by atoms with Gasteiger partial charge in [-0.3, -0.25) is 4.79 Å². The number of Topliss-reactive ketones (excluding diaryl/α,β-unsaturated/α-hetero) is 1. The van der Waals surface area contributed by atoms with Gasteiger partial charge in [-0.25, -0.2) is 0 Å². The van der Waals surface area contributed by atoms with E-state index in [0.717, 1.165) is 6.42 Å². The number of ketones is 1. The van der Waals surface area contributed by atoms with Crippen molar-refractivity contribution in [2.45, 2.75) is 52.5 Å². The van der Waals surface area contributed by atoms with Gasteiger partial charge in [-0.05, 0) is 33.7 Å². The van der Waals surface area contributed by atoms with Crippen LogP contribution in [0.1, 0.15) is 47.5 Å². The van der Waals surface area contributed by atoms with Crippen LogP contribution in [0, 0.1) is 17.8 Å². The maximum Gasteiger partial charge on any atom is 0.261 e. The second-order valence-corrected chi connectivity index (χ2v) is 13.9. The minimum atomic E-state index is -2.48. The third-order valence-electron chi connectivity index (χ3n) is 5.88. The van der Waals surface area contributed by atoms with Crippen LogP contribution >= 0.6 is 0 Å². The predicted molar refractivity (Wildman–Crippen MR) is 120 cm³/mol. The Hall–Kier alpha value is -1.71. The molecule has 1 fully saturated rings. The maximum absolute atomic E-state index is 12.4. The zero-order chi connectivity index (χ0) is 20.4. The normalized spacial score (nSPS) is 19.6. The van der Waals surface area contributed by atoms with Crippen LogP contribution in [-0.4, -0.2) is 20.7 Å². The summed E-state index contributed by atoms with van der Waals surface area (Å²) in [5.41, 5.74) is 0. The summed E-state index contributed by atoms with van der Waals surface area (Å²) >= 11 is 0. The number of carbonyl (C=O) groups is 1. The number of hydrogen-bond donors (Lipinski definition) is 0. The third kappa shape index (κ3) is 4.31. The van der Waals surface area contributed by atoms with Crippen LogP contribution in [0.4, 0.5) is 0 Å². The van der Waals surface area contributed by atoms with E-state index in [9.17, 15) is 4.79 Å². The molecule has 2 nitrogen and oxygen atoms in total. The summed E-state index contributed by atoms with van der Waals surface area (Å²) in [6.45, 7) is 11.8. The summed E-state index contributed by atoms with van der Waals surface area (Å²) in [5.74, 6) is 1.45.